The fourth-order valence-corrected chi connectivity index (χ4v) is 3.36. The summed E-state index contributed by atoms with van der Waals surface area (Å²) in [6.07, 6.45) is -4.80. The average Bonchev–Trinajstić information content (AvgIpc) is 3.01. The number of hydrogen-bond acceptors (Lipinski definition) is 6. The van der Waals surface area contributed by atoms with Crippen molar-refractivity contribution in [3.05, 3.63) is 47.4 Å². The summed E-state index contributed by atoms with van der Waals surface area (Å²) >= 11 is 1.16. The number of amides is 1. The summed E-state index contributed by atoms with van der Waals surface area (Å²) in [6.45, 7) is 3.57. The molecule has 1 N–H and O–H groups in total. The molecule has 0 atom stereocenters. The zero-order valence-electron chi connectivity index (χ0n) is 14.9. The maximum atomic E-state index is 12.5. The maximum absolute atomic E-state index is 12.5. The normalized spacial score (nSPS) is 11.6. The van der Waals surface area contributed by atoms with Crippen molar-refractivity contribution in [2.45, 2.75) is 31.9 Å². The van der Waals surface area contributed by atoms with E-state index in [1.807, 2.05) is 13.8 Å². The highest BCUT2D eigenvalue weighted by atomic mass is 32.2. The summed E-state index contributed by atoms with van der Waals surface area (Å²) in [7, 11) is 0. The molecular formula is C17H16F3N5O2S. The number of benzene rings is 1. The molecule has 2 aromatic heterocycles. The van der Waals surface area contributed by atoms with E-state index in [0.29, 0.717) is 16.6 Å². The Labute approximate surface area is 162 Å². The van der Waals surface area contributed by atoms with Crippen LogP contribution in [0.1, 0.15) is 17.1 Å². The van der Waals surface area contributed by atoms with Crippen molar-refractivity contribution in [2.75, 3.05) is 5.75 Å². The quantitative estimate of drug-likeness (QED) is 0.628. The molecular weight excluding hydrogens is 395 g/mol. The number of thioether (sulfide) groups is 1. The van der Waals surface area contributed by atoms with Gasteiger partial charge in [-0.3, -0.25) is 9.20 Å². The van der Waals surface area contributed by atoms with Gasteiger partial charge in [0.05, 0.1) is 5.75 Å². The molecule has 0 aliphatic heterocycles. The molecule has 7 nitrogen and oxygen atoms in total. The number of hydrogen-bond donors (Lipinski definition) is 1. The van der Waals surface area contributed by atoms with Crippen LogP contribution in [0.25, 0.3) is 5.65 Å². The fourth-order valence-electron chi connectivity index (χ4n) is 2.55. The predicted molar refractivity (Wildman–Crippen MR) is 96.0 cm³/mol. The van der Waals surface area contributed by atoms with Gasteiger partial charge in [-0.15, -0.1) is 23.4 Å². The number of nitrogens with zero attached hydrogens (tertiary/aromatic N) is 4. The summed E-state index contributed by atoms with van der Waals surface area (Å²) in [5, 5.41) is 11.2. The van der Waals surface area contributed by atoms with Crippen molar-refractivity contribution in [1.82, 2.24) is 24.9 Å². The summed E-state index contributed by atoms with van der Waals surface area (Å²) < 4.78 is 43.1. The van der Waals surface area contributed by atoms with Crippen LogP contribution in [0, 0.1) is 13.8 Å². The van der Waals surface area contributed by atoms with E-state index in [1.54, 1.807) is 16.5 Å². The first-order chi connectivity index (χ1) is 13.2. The van der Waals surface area contributed by atoms with Gasteiger partial charge < -0.3 is 10.1 Å². The number of para-hydroxylation sites is 1. The summed E-state index contributed by atoms with van der Waals surface area (Å²) in [5.41, 5.74) is 1.67. The molecule has 3 rings (SSSR count). The number of aryl methyl sites for hydroxylation is 2. The Balaban J connectivity index is 1.61. The highest BCUT2D eigenvalue weighted by Gasteiger charge is 2.32. The first kappa shape index (κ1) is 19.9. The van der Waals surface area contributed by atoms with Crippen LogP contribution in [-0.2, 0) is 11.3 Å². The minimum Gasteiger partial charge on any atom is -0.405 e. The lowest BCUT2D eigenvalue weighted by Gasteiger charge is -2.13. The van der Waals surface area contributed by atoms with E-state index in [2.05, 4.69) is 25.2 Å². The van der Waals surface area contributed by atoms with Crippen molar-refractivity contribution in [2.24, 2.45) is 0 Å². The molecule has 0 saturated carbocycles. The van der Waals surface area contributed by atoms with Gasteiger partial charge in [-0.1, -0.05) is 30.0 Å². The molecule has 0 radical (unpaired) electrons. The second-order valence-corrected chi connectivity index (χ2v) is 6.78. The first-order valence-electron chi connectivity index (χ1n) is 8.15. The van der Waals surface area contributed by atoms with Crippen LogP contribution >= 0.6 is 11.8 Å². The number of fused-ring (bicyclic) bond motifs is 1. The molecule has 0 fully saturated rings. The topological polar surface area (TPSA) is 81.4 Å². The number of rotatable bonds is 6. The summed E-state index contributed by atoms with van der Waals surface area (Å²) in [4.78, 5) is 16.5. The molecule has 11 heteroatoms. The third-order valence-electron chi connectivity index (χ3n) is 3.66. The van der Waals surface area contributed by atoms with Gasteiger partial charge in [-0.2, -0.15) is 0 Å². The van der Waals surface area contributed by atoms with E-state index < -0.39 is 6.36 Å². The Morgan fingerprint density at radius 1 is 1.25 bits per heavy atom. The molecule has 28 heavy (non-hydrogen) atoms. The van der Waals surface area contributed by atoms with E-state index >= 15 is 0 Å². The third-order valence-corrected chi connectivity index (χ3v) is 4.59. The van der Waals surface area contributed by atoms with Crippen LogP contribution in [0.3, 0.4) is 0 Å². The molecule has 1 aromatic carbocycles. The van der Waals surface area contributed by atoms with Crippen LogP contribution in [0.2, 0.25) is 0 Å². The lowest BCUT2D eigenvalue weighted by Crippen LogP contribution is -2.26. The number of carbonyl (C=O) groups is 1. The second-order valence-electron chi connectivity index (χ2n) is 5.84. The van der Waals surface area contributed by atoms with Gasteiger partial charge in [0.1, 0.15) is 11.6 Å². The number of carbonyl (C=O) groups excluding carboxylic acids is 1. The van der Waals surface area contributed by atoms with Gasteiger partial charge in [0, 0.05) is 23.9 Å². The van der Waals surface area contributed by atoms with Crippen LogP contribution < -0.4 is 10.1 Å². The van der Waals surface area contributed by atoms with E-state index in [4.69, 9.17) is 0 Å². The monoisotopic (exact) mass is 411 g/mol. The maximum Gasteiger partial charge on any atom is 0.573 e. The summed E-state index contributed by atoms with van der Waals surface area (Å²) in [6, 6.07) is 7.43. The Hall–Kier alpha value is -2.82. The van der Waals surface area contributed by atoms with E-state index in [9.17, 15) is 18.0 Å². The minimum atomic E-state index is -4.80. The smallest absolute Gasteiger partial charge is 0.405 e. The minimum absolute atomic E-state index is 0.0242. The molecule has 0 aliphatic rings. The predicted octanol–water partition coefficient (Wildman–Crippen LogP) is 3.05. The fraction of sp³-hybridized carbons (Fsp3) is 0.294. The average molecular weight is 411 g/mol. The van der Waals surface area contributed by atoms with E-state index in [1.165, 1.54) is 18.2 Å². The van der Waals surface area contributed by atoms with Crippen LogP contribution in [0.5, 0.6) is 5.75 Å². The lowest BCUT2D eigenvalue weighted by molar-refractivity contribution is -0.274. The van der Waals surface area contributed by atoms with Crippen LogP contribution in [0.15, 0.2) is 35.5 Å². The molecule has 0 aliphatic carbocycles. The molecule has 0 saturated heterocycles. The molecule has 1 amide bonds. The highest BCUT2D eigenvalue weighted by molar-refractivity contribution is 7.99. The molecule has 0 spiro atoms. The van der Waals surface area contributed by atoms with Crippen molar-refractivity contribution in [3.63, 3.8) is 0 Å². The number of halogens is 3. The molecule has 148 valence electrons. The van der Waals surface area contributed by atoms with Crippen molar-refractivity contribution in [1.29, 1.82) is 0 Å². The van der Waals surface area contributed by atoms with Gasteiger partial charge in [-0.05, 0) is 19.9 Å². The van der Waals surface area contributed by atoms with Crippen molar-refractivity contribution < 1.29 is 22.7 Å². The zero-order chi connectivity index (χ0) is 20.3. The van der Waals surface area contributed by atoms with Crippen LogP contribution in [-0.4, -0.2) is 37.6 Å². The second kappa shape index (κ2) is 8.05. The van der Waals surface area contributed by atoms with Gasteiger partial charge >= 0.3 is 6.36 Å². The first-order valence-corrected chi connectivity index (χ1v) is 9.14. The Bertz CT molecular complexity index is 1010. The highest BCUT2D eigenvalue weighted by Crippen LogP contribution is 2.26. The largest absolute Gasteiger partial charge is 0.573 e. The SMILES string of the molecule is Cc1cc2nnc(SCC(=O)NCc3ccccc3OC(F)(F)F)n2c(C)n1. The van der Waals surface area contributed by atoms with Gasteiger partial charge in [-0.25, -0.2) is 4.98 Å². The third kappa shape index (κ3) is 4.91. The Kier molecular flexibility index (Phi) is 5.73. The Morgan fingerprint density at radius 2 is 2.00 bits per heavy atom. The standard InChI is InChI=1S/C17H16F3N5O2S/c1-10-7-14-23-24-16(25(14)11(2)22-10)28-9-15(26)21-8-12-5-3-4-6-13(12)27-17(18,19)20/h3-7H,8-9H2,1-2H3,(H,21,26). The molecule has 0 unspecified atom stereocenters. The number of alkyl halides is 3. The zero-order valence-corrected chi connectivity index (χ0v) is 15.8. The van der Waals surface area contributed by atoms with Gasteiger partial charge in [0.25, 0.3) is 0 Å². The van der Waals surface area contributed by atoms with E-state index in [0.717, 1.165) is 17.5 Å². The molecule has 2 heterocycles. The number of aromatic nitrogens is 4. The van der Waals surface area contributed by atoms with E-state index in [-0.39, 0.29) is 29.5 Å². The summed E-state index contributed by atoms with van der Waals surface area (Å²) in [5.74, 6) is 0.0158. The molecule has 0 bridgehead atoms. The van der Waals surface area contributed by atoms with Gasteiger partial charge in [0.2, 0.25) is 5.91 Å². The number of nitrogens with one attached hydrogen (secondary N) is 1. The van der Waals surface area contributed by atoms with Crippen molar-refractivity contribution >= 4 is 23.3 Å². The van der Waals surface area contributed by atoms with Crippen LogP contribution in [0.4, 0.5) is 13.2 Å². The number of ether oxygens (including phenoxy) is 1. The van der Waals surface area contributed by atoms with Gasteiger partial charge in [0.15, 0.2) is 10.8 Å². The Morgan fingerprint density at radius 3 is 2.75 bits per heavy atom. The molecule has 3 aromatic rings. The lowest BCUT2D eigenvalue weighted by atomic mass is 10.2. The van der Waals surface area contributed by atoms with Crippen molar-refractivity contribution in [3.8, 4) is 5.75 Å².